The monoisotopic (exact) mass is 479 g/mol. The summed E-state index contributed by atoms with van der Waals surface area (Å²) in [6, 6.07) is 15.3. The van der Waals surface area contributed by atoms with Crippen LogP contribution in [0.25, 0.3) is 17.4 Å². The first-order valence-corrected chi connectivity index (χ1v) is 11.1. The van der Waals surface area contributed by atoms with E-state index in [1.54, 1.807) is 49.4 Å². The first-order valence-electron chi connectivity index (χ1n) is 10.3. The first kappa shape index (κ1) is 23.2. The number of carbonyl (C=O) groups excluding carboxylic acids is 2. The van der Waals surface area contributed by atoms with Crippen molar-refractivity contribution < 1.29 is 33.4 Å². The summed E-state index contributed by atoms with van der Waals surface area (Å²) in [5.74, 6) is 0.621. The number of carbonyl (C=O) groups is 3. The van der Waals surface area contributed by atoms with Gasteiger partial charge in [0.25, 0.3) is 11.1 Å². The second kappa shape index (κ2) is 9.88. The molecule has 2 heterocycles. The van der Waals surface area contributed by atoms with Crippen LogP contribution in [0.1, 0.15) is 21.7 Å². The third kappa shape index (κ3) is 4.84. The Bertz CT molecular complexity index is 1290. The van der Waals surface area contributed by atoms with Crippen LogP contribution >= 0.6 is 11.8 Å². The van der Waals surface area contributed by atoms with E-state index in [2.05, 4.69) is 0 Å². The van der Waals surface area contributed by atoms with E-state index >= 15 is 0 Å². The number of nitrogens with zero attached hydrogens (tertiary/aromatic N) is 1. The number of thioether (sulfide) groups is 1. The molecule has 2 aromatic carbocycles. The van der Waals surface area contributed by atoms with Gasteiger partial charge >= 0.3 is 5.97 Å². The summed E-state index contributed by atoms with van der Waals surface area (Å²) in [7, 11) is 1.54. The van der Waals surface area contributed by atoms with Crippen molar-refractivity contribution in [3.8, 4) is 22.8 Å². The lowest BCUT2D eigenvalue weighted by molar-refractivity contribution is -0.123. The molecule has 1 aliphatic heterocycles. The number of ether oxygens (including phenoxy) is 2. The van der Waals surface area contributed by atoms with E-state index in [1.165, 1.54) is 19.3 Å². The maximum Gasteiger partial charge on any atom is 0.335 e. The van der Waals surface area contributed by atoms with Gasteiger partial charge in [0.05, 0.1) is 24.1 Å². The van der Waals surface area contributed by atoms with Crippen LogP contribution in [0.5, 0.6) is 11.5 Å². The van der Waals surface area contributed by atoms with Crippen LogP contribution in [0.4, 0.5) is 4.79 Å². The number of rotatable bonds is 8. The summed E-state index contributed by atoms with van der Waals surface area (Å²) in [6.45, 7) is 2.02. The van der Waals surface area contributed by atoms with Crippen molar-refractivity contribution in [3.63, 3.8) is 0 Å². The van der Waals surface area contributed by atoms with Crippen LogP contribution in [-0.2, 0) is 4.79 Å². The van der Waals surface area contributed by atoms with E-state index in [4.69, 9.17) is 19.0 Å². The average Bonchev–Trinajstić information content (AvgIpc) is 3.39. The Balaban J connectivity index is 1.43. The summed E-state index contributed by atoms with van der Waals surface area (Å²) >= 11 is 0.837. The van der Waals surface area contributed by atoms with Gasteiger partial charge in [-0.2, -0.15) is 0 Å². The number of imide groups is 1. The molecular formula is C25H21NO7S. The quantitative estimate of drug-likeness (QED) is 0.446. The highest BCUT2D eigenvalue weighted by atomic mass is 32.2. The maximum absolute atomic E-state index is 12.8. The van der Waals surface area contributed by atoms with Crippen molar-refractivity contribution in [2.45, 2.75) is 6.92 Å². The van der Waals surface area contributed by atoms with Crippen molar-refractivity contribution in [3.05, 3.63) is 76.4 Å². The van der Waals surface area contributed by atoms with Gasteiger partial charge in [-0.05, 0) is 60.6 Å². The van der Waals surface area contributed by atoms with Gasteiger partial charge < -0.3 is 19.0 Å². The standard InChI is InChI=1S/C25H21NO7S/c1-15-13-16(24(28)29)7-9-18(15)19-10-8-17(33-19)14-22-23(27)26(25(30)34-22)11-12-32-21-6-4-3-5-20(21)31-2/h3-10,13-14H,11-12H2,1-2H3,(H,28,29)/b22-14-. The number of hydrogen-bond donors (Lipinski definition) is 1. The van der Waals surface area contributed by atoms with Crippen LogP contribution < -0.4 is 9.47 Å². The summed E-state index contributed by atoms with van der Waals surface area (Å²) in [6.07, 6.45) is 1.52. The predicted octanol–water partition coefficient (Wildman–Crippen LogP) is 5.08. The number of aryl methyl sites for hydroxylation is 1. The zero-order valence-electron chi connectivity index (χ0n) is 18.4. The molecule has 4 rings (SSSR count). The Kier molecular flexibility index (Phi) is 6.74. The lowest BCUT2D eigenvalue weighted by Gasteiger charge is -2.14. The summed E-state index contributed by atoms with van der Waals surface area (Å²) in [5, 5.41) is 8.74. The molecule has 9 heteroatoms. The zero-order valence-corrected chi connectivity index (χ0v) is 19.3. The fourth-order valence-corrected chi connectivity index (χ4v) is 4.30. The van der Waals surface area contributed by atoms with Crippen molar-refractivity contribution in [1.82, 2.24) is 4.90 Å². The Morgan fingerprint density at radius 2 is 1.88 bits per heavy atom. The molecule has 1 aliphatic rings. The van der Waals surface area contributed by atoms with Gasteiger partial charge in [-0.1, -0.05) is 18.2 Å². The molecule has 0 radical (unpaired) electrons. The van der Waals surface area contributed by atoms with Crippen LogP contribution in [0.2, 0.25) is 0 Å². The van der Waals surface area contributed by atoms with Gasteiger partial charge in [0.2, 0.25) is 0 Å². The van der Waals surface area contributed by atoms with Gasteiger partial charge in [-0.15, -0.1) is 0 Å². The average molecular weight is 480 g/mol. The molecule has 0 aliphatic carbocycles. The summed E-state index contributed by atoms with van der Waals surface area (Å²) in [4.78, 5) is 37.7. The smallest absolute Gasteiger partial charge is 0.335 e. The Hall–Kier alpha value is -3.98. The number of amides is 2. The van der Waals surface area contributed by atoms with Crippen molar-refractivity contribution >= 4 is 35.0 Å². The second-order valence-corrected chi connectivity index (χ2v) is 8.36. The lowest BCUT2D eigenvalue weighted by Crippen LogP contribution is -2.32. The normalized spacial score (nSPS) is 14.6. The molecule has 1 N–H and O–H groups in total. The highest BCUT2D eigenvalue weighted by Gasteiger charge is 2.35. The molecular weight excluding hydrogens is 458 g/mol. The number of carboxylic acids is 1. The SMILES string of the molecule is COc1ccccc1OCCN1C(=O)S/C(=C\c2ccc(-c3ccc(C(=O)O)cc3C)o2)C1=O. The Morgan fingerprint density at radius 1 is 1.12 bits per heavy atom. The number of methoxy groups -OCH3 is 1. The molecule has 34 heavy (non-hydrogen) atoms. The number of hydrogen-bond acceptors (Lipinski definition) is 7. The minimum atomic E-state index is -1.00. The highest BCUT2D eigenvalue weighted by Crippen LogP contribution is 2.34. The first-order chi connectivity index (χ1) is 16.4. The minimum Gasteiger partial charge on any atom is -0.493 e. The number of aromatic carboxylic acids is 1. The highest BCUT2D eigenvalue weighted by molar-refractivity contribution is 8.18. The molecule has 2 amide bonds. The van der Waals surface area contributed by atoms with Gasteiger partial charge in [0, 0.05) is 11.6 Å². The molecule has 174 valence electrons. The maximum atomic E-state index is 12.8. The molecule has 0 saturated carbocycles. The fraction of sp³-hybridized carbons (Fsp3) is 0.160. The van der Waals surface area contributed by atoms with E-state index in [-0.39, 0.29) is 28.9 Å². The molecule has 1 fully saturated rings. The summed E-state index contributed by atoms with van der Waals surface area (Å²) in [5.41, 5.74) is 1.68. The topological polar surface area (TPSA) is 106 Å². The van der Waals surface area contributed by atoms with E-state index in [0.717, 1.165) is 27.8 Å². The van der Waals surface area contributed by atoms with Gasteiger partial charge in [0.1, 0.15) is 18.1 Å². The van der Waals surface area contributed by atoms with Crippen LogP contribution in [-0.4, -0.2) is 47.4 Å². The largest absolute Gasteiger partial charge is 0.493 e. The van der Waals surface area contributed by atoms with Crippen molar-refractivity contribution in [2.75, 3.05) is 20.3 Å². The number of benzene rings is 2. The van der Waals surface area contributed by atoms with Crippen molar-refractivity contribution in [2.24, 2.45) is 0 Å². The van der Waals surface area contributed by atoms with Crippen LogP contribution in [0, 0.1) is 6.92 Å². The molecule has 0 unspecified atom stereocenters. The Labute approximate surface area is 199 Å². The number of carboxylic acid groups (broad SMARTS) is 1. The van der Waals surface area contributed by atoms with Crippen LogP contribution in [0.15, 0.2) is 63.9 Å². The molecule has 1 saturated heterocycles. The molecule has 0 spiro atoms. The zero-order chi connectivity index (χ0) is 24.2. The summed E-state index contributed by atoms with van der Waals surface area (Å²) < 4.78 is 16.7. The van der Waals surface area contributed by atoms with Gasteiger partial charge in [-0.25, -0.2) is 4.79 Å². The molecule has 0 bridgehead atoms. The third-order valence-electron chi connectivity index (χ3n) is 5.15. The second-order valence-electron chi connectivity index (χ2n) is 7.37. The number of para-hydroxylation sites is 2. The molecule has 8 nitrogen and oxygen atoms in total. The molecule has 1 aromatic heterocycles. The van der Waals surface area contributed by atoms with E-state index in [1.807, 2.05) is 6.07 Å². The van der Waals surface area contributed by atoms with Gasteiger partial charge in [0.15, 0.2) is 11.5 Å². The number of furan rings is 1. The predicted molar refractivity (Wildman–Crippen MR) is 127 cm³/mol. The minimum absolute atomic E-state index is 0.0958. The van der Waals surface area contributed by atoms with Crippen LogP contribution in [0.3, 0.4) is 0 Å². The fourth-order valence-electron chi connectivity index (χ4n) is 3.46. The molecule has 0 atom stereocenters. The lowest BCUT2D eigenvalue weighted by atomic mass is 10.0. The van der Waals surface area contributed by atoms with Gasteiger partial charge in [-0.3, -0.25) is 14.5 Å². The Morgan fingerprint density at radius 3 is 2.59 bits per heavy atom. The van der Waals surface area contributed by atoms with Crippen molar-refractivity contribution in [1.29, 1.82) is 0 Å². The van der Waals surface area contributed by atoms with E-state index in [9.17, 15) is 14.4 Å². The molecule has 3 aromatic rings. The van der Waals surface area contributed by atoms with E-state index in [0.29, 0.717) is 23.0 Å². The van der Waals surface area contributed by atoms with E-state index < -0.39 is 11.9 Å². The third-order valence-corrected chi connectivity index (χ3v) is 6.06.